The summed E-state index contributed by atoms with van der Waals surface area (Å²) in [5.41, 5.74) is 5.15. The van der Waals surface area contributed by atoms with Crippen molar-refractivity contribution in [3.8, 4) is 0 Å². The summed E-state index contributed by atoms with van der Waals surface area (Å²) < 4.78 is 6.02. The van der Waals surface area contributed by atoms with Crippen molar-refractivity contribution in [2.45, 2.75) is 65.6 Å². The van der Waals surface area contributed by atoms with Gasteiger partial charge in [-0.2, -0.15) is 0 Å². The molecule has 0 aliphatic carbocycles. The Morgan fingerprint density at radius 1 is 0.704 bits per heavy atom. The molecule has 144 valence electrons. The van der Waals surface area contributed by atoms with Gasteiger partial charge in [-0.3, -0.25) is 0 Å². The summed E-state index contributed by atoms with van der Waals surface area (Å²) in [4.78, 5) is 0. The molecular formula is C26H34O. The molecule has 2 rings (SSSR count). The topological polar surface area (TPSA) is 9.23 Å². The lowest BCUT2D eigenvalue weighted by molar-refractivity contribution is 0.107. The highest BCUT2D eigenvalue weighted by atomic mass is 16.5. The van der Waals surface area contributed by atoms with Crippen molar-refractivity contribution in [2.75, 3.05) is 0 Å². The van der Waals surface area contributed by atoms with Crippen molar-refractivity contribution < 1.29 is 4.74 Å². The quantitative estimate of drug-likeness (QED) is 0.455. The third kappa shape index (κ3) is 5.94. The van der Waals surface area contributed by atoms with Crippen LogP contribution in [-0.4, -0.2) is 0 Å². The molecule has 0 unspecified atom stereocenters. The second-order valence-electron chi connectivity index (χ2n) is 8.34. The molecule has 0 saturated carbocycles. The Morgan fingerprint density at radius 2 is 1.11 bits per heavy atom. The summed E-state index contributed by atoms with van der Waals surface area (Å²) in [6, 6.07) is 17.4. The zero-order chi connectivity index (χ0) is 19.9. The average molecular weight is 363 g/mol. The highest BCUT2D eigenvalue weighted by Gasteiger charge is 2.17. The molecule has 0 fully saturated rings. The molecule has 0 atom stereocenters. The number of rotatable bonds is 8. The Kier molecular flexibility index (Phi) is 7.21. The van der Waals surface area contributed by atoms with Gasteiger partial charge in [0.2, 0.25) is 0 Å². The maximum Gasteiger partial charge on any atom is 0.0721 e. The molecule has 0 aromatic heterocycles. The second-order valence-corrected chi connectivity index (χ2v) is 8.34. The molecule has 1 nitrogen and oxygen atoms in total. The first kappa shape index (κ1) is 21.2. The van der Waals surface area contributed by atoms with E-state index in [2.05, 4.69) is 114 Å². The van der Waals surface area contributed by atoms with Crippen LogP contribution in [-0.2, 0) is 28.8 Å². The van der Waals surface area contributed by atoms with Gasteiger partial charge in [-0.15, -0.1) is 0 Å². The zero-order valence-electron chi connectivity index (χ0n) is 17.8. The number of hydrogen-bond donors (Lipinski definition) is 0. The Hall–Kier alpha value is -2.12. The number of ether oxygens (including phenoxy) is 1. The first-order chi connectivity index (χ1) is 12.8. The summed E-state index contributed by atoms with van der Waals surface area (Å²) in [5.74, 6) is 0. The van der Waals surface area contributed by atoms with E-state index >= 15 is 0 Å². The fourth-order valence-corrected chi connectivity index (χ4v) is 3.44. The van der Waals surface area contributed by atoms with Crippen molar-refractivity contribution in [2.24, 2.45) is 0 Å². The van der Waals surface area contributed by atoms with Gasteiger partial charge >= 0.3 is 0 Å². The second kappa shape index (κ2) is 9.19. The minimum Gasteiger partial charge on any atom is -0.372 e. The number of benzene rings is 2. The van der Waals surface area contributed by atoms with E-state index in [4.69, 9.17) is 4.74 Å². The van der Waals surface area contributed by atoms with Gasteiger partial charge in [0.15, 0.2) is 0 Å². The van der Waals surface area contributed by atoms with Gasteiger partial charge in [-0.1, -0.05) is 101 Å². The van der Waals surface area contributed by atoms with Crippen molar-refractivity contribution in [3.05, 3.63) is 95.1 Å². The van der Waals surface area contributed by atoms with E-state index in [0.717, 1.165) is 0 Å². The highest BCUT2D eigenvalue weighted by molar-refractivity contribution is 5.33. The monoisotopic (exact) mass is 362 g/mol. The van der Waals surface area contributed by atoms with E-state index in [-0.39, 0.29) is 10.8 Å². The molecule has 0 N–H and O–H groups in total. The number of allylic oxidation sites excluding steroid dienone is 4. The predicted molar refractivity (Wildman–Crippen MR) is 117 cm³/mol. The van der Waals surface area contributed by atoms with Crippen LogP contribution in [0.1, 0.15) is 63.8 Å². The van der Waals surface area contributed by atoms with Gasteiger partial charge in [0, 0.05) is 10.8 Å². The normalized spacial score (nSPS) is 13.0. The van der Waals surface area contributed by atoms with Crippen molar-refractivity contribution in [1.29, 1.82) is 0 Å². The van der Waals surface area contributed by atoms with Crippen molar-refractivity contribution >= 4 is 0 Å². The molecule has 0 heterocycles. The molecule has 2 aromatic rings. The van der Waals surface area contributed by atoms with Crippen LogP contribution in [0.3, 0.4) is 0 Å². The fraction of sp³-hybridized carbons (Fsp3) is 0.385. The first-order valence-electron chi connectivity index (χ1n) is 9.83. The Bertz CT molecular complexity index is 726. The molecule has 0 saturated heterocycles. The molecule has 1 heteroatoms. The summed E-state index contributed by atoms with van der Waals surface area (Å²) in [6.07, 6.45) is 8.71. The Labute approximate surface area is 165 Å². The maximum atomic E-state index is 6.02. The fourth-order valence-electron chi connectivity index (χ4n) is 3.44. The van der Waals surface area contributed by atoms with Crippen LogP contribution in [0.2, 0.25) is 0 Å². The SMILES string of the molecule is C/C=C\C(C)(C)c1cccc(COCc2cccc(C(C)(C)/C=C\C)c2)c1. The molecule has 0 amide bonds. The van der Waals surface area contributed by atoms with E-state index in [1.165, 1.54) is 22.3 Å². The molecule has 2 aromatic carbocycles. The van der Waals surface area contributed by atoms with Crippen LogP contribution >= 0.6 is 0 Å². The summed E-state index contributed by atoms with van der Waals surface area (Å²) in [6.45, 7) is 14.4. The lowest BCUT2D eigenvalue weighted by Crippen LogP contribution is -2.14. The third-order valence-corrected chi connectivity index (χ3v) is 5.05. The van der Waals surface area contributed by atoms with Gasteiger partial charge in [0.25, 0.3) is 0 Å². The van der Waals surface area contributed by atoms with Crippen molar-refractivity contribution in [3.63, 3.8) is 0 Å². The predicted octanol–water partition coefficient (Wildman–Crippen LogP) is 7.11. The van der Waals surface area contributed by atoms with Crippen LogP contribution in [0.5, 0.6) is 0 Å². The van der Waals surface area contributed by atoms with Crippen LogP contribution in [0, 0.1) is 0 Å². The summed E-state index contributed by atoms with van der Waals surface area (Å²) in [5, 5.41) is 0. The van der Waals surface area contributed by atoms with Gasteiger partial charge in [-0.05, 0) is 36.1 Å². The minimum absolute atomic E-state index is 0.0392. The lowest BCUT2D eigenvalue weighted by Gasteiger charge is -2.22. The molecule has 27 heavy (non-hydrogen) atoms. The number of hydrogen-bond acceptors (Lipinski definition) is 1. The lowest BCUT2D eigenvalue weighted by atomic mass is 9.83. The average Bonchev–Trinajstić information content (AvgIpc) is 2.62. The Balaban J connectivity index is 2.03. The molecule has 0 bridgehead atoms. The highest BCUT2D eigenvalue weighted by Crippen LogP contribution is 2.27. The van der Waals surface area contributed by atoms with E-state index in [0.29, 0.717) is 13.2 Å². The van der Waals surface area contributed by atoms with E-state index in [9.17, 15) is 0 Å². The molecule has 0 aliphatic heterocycles. The minimum atomic E-state index is 0.0392. The Morgan fingerprint density at radius 3 is 1.48 bits per heavy atom. The van der Waals surface area contributed by atoms with Gasteiger partial charge < -0.3 is 4.74 Å². The third-order valence-electron chi connectivity index (χ3n) is 5.05. The zero-order valence-corrected chi connectivity index (χ0v) is 17.8. The van der Waals surface area contributed by atoms with Crippen LogP contribution in [0.4, 0.5) is 0 Å². The summed E-state index contributed by atoms with van der Waals surface area (Å²) >= 11 is 0. The standard InChI is InChI=1S/C26H34O/c1-7-15-25(3,4)23-13-9-11-21(17-23)19-27-20-22-12-10-14-24(18-22)26(5,6)16-8-2/h7-18H,19-20H2,1-6H3/b15-7-,16-8-. The van der Waals surface area contributed by atoms with Gasteiger partial charge in [0.1, 0.15) is 0 Å². The molecule has 0 spiro atoms. The van der Waals surface area contributed by atoms with Gasteiger partial charge in [0.05, 0.1) is 13.2 Å². The molecule has 0 radical (unpaired) electrons. The first-order valence-corrected chi connectivity index (χ1v) is 9.83. The molecule has 0 aliphatic rings. The van der Waals surface area contributed by atoms with Crippen LogP contribution in [0.15, 0.2) is 72.8 Å². The van der Waals surface area contributed by atoms with E-state index in [1.807, 2.05) is 0 Å². The van der Waals surface area contributed by atoms with Crippen LogP contribution < -0.4 is 0 Å². The maximum absolute atomic E-state index is 6.02. The summed E-state index contributed by atoms with van der Waals surface area (Å²) in [7, 11) is 0. The van der Waals surface area contributed by atoms with Crippen molar-refractivity contribution in [1.82, 2.24) is 0 Å². The molecular weight excluding hydrogens is 328 g/mol. The van der Waals surface area contributed by atoms with E-state index < -0.39 is 0 Å². The van der Waals surface area contributed by atoms with Gasteiger partial charge in [-0.25, -0.2) is 0 Å². The van der Waals surface area contributed by atoms with Crippen LogP contribution in [0.25, 0.3) is 0 Å². The van der Waals surface area contributed by atoms with E-state index in [1.54, 1.807) is 0 Å². The smallest absolute Gasteiger partial charge is 0.0721 e. The largest absolute Gasteiger partial charge is 0.372 e.